The van der Waals surface area contributed by atoms with Gasteiger partial charge < -0.3 is 14.8 Å². The Morgan fingerprint density at radius 3 is 2.47 bits per heavy atom. The topological polar surface area (TPSA) is 47.6 Å². The minimum absolute atomic E-state index is 0.217. The molecular formula is C26H21Cl2NO3. The van der Waals surface area contributed by atoms with Gasteiger partial charge in [-0.3, -0.25) is 4.79 Å². The molecule has 0 aliphatic rings. The third-order valence-electron chi connectivity index (χ3n) is 5.11. The summed E-state index contributed by atoms with van der Waals surface area (Å²) in [4.78, 5) is 12.7. The number of benzene rings is 4. The van der Waals surface area contributed by atoms with Crippen LogP contribution in [0.4, 0.5) is 0 Å². The molecule has 4 aromatic carbocycles. The number of fused-ring (bicyclic) bond motifs is 1. The van der Waals surface area contributed by atoms with Gasteiger partial charge in [-0.2, -0.15) is 0 Å². The summed E-state index contributed by atoms with van der Waals surface area (Å²) < 4.78 is 11.4. The molecule has 0 fully saturated rings. The molecule has 0 aliphatic carbocycles. The lowest BCUT2D eigenvalue weighted by atomic mass is 10.1. The molecule has 6 heteroatoms. The fourth-order valence-electron chi connectivity index (χ4n) is 3.39. The fourth-order valence-corrected chi connectivity index (χ4v) is 3.87. The second-order valence-corrected chi connectivity index (χ2v) is 8.09. The number of carbonyl (C=O) groups is 1. The Labute approximate surface area is 196 Å². The zero-order valence-corrected chi connectivity index (χ0v) is 18.9. The molecule has 0 atom stereocenters. The van der Waals surface area contributed by atoms with E-state index < -0.39 is 0 Å². The Morgan fingerprint density at radius 2 is 1.69 bits per heavy atom. The third kappa shape index (κ3) is 5.16. The Kier molecular flexibility index (Phi) is 6.84. The van der Waals surface area contributed by atoms with Crippen LogP contribution in [0.5, 0.6) is 11.5 Å². The van der Waals surface area contributed by atoms with Gasteiger partial charge in [0.1, 0.15) is 18.1 Å². The molecule has 0 unspecified atom stereocenters. The van der Waals surface area contributed by atoms with E-state index in [1.807, 2.05) is 36.4 Å². The molecule has 0 radical (unpaired) electrons. The lowest BCUT2D eigenvalue weighted by molar-refractivity contribution is 0.0950. The summed E-state index contributed by atoms with van der Waals surface area (Å²) in [5.41, 5.74) is 2.07. The van der Waals surface area contributed by atoms with Crippen LogP contribution < -0.4 is 14.8 Å². The predicted octanol–water partition coefficient (Wildman–Crippen LogP) is 6.66. The lowest BCUT2D eigenvalue weighted by Crippen LogP contribution is -2.23. The van der Waals surface area contributed by atoms with E-state index in [4.69, 9.17) is 32.7 Å². The number of rotatable bonds is 7. The number of methoxy groups -OCH3 is 1. The summed E-state index contributed by atoms with van der Waals surface area (Å²) in [5.74, 6) is 1.19. The molecule has 1 N–H and O–H groups in total. The average Bonchev–Trinajstić information content (AvgIpc) is 2.81. The Bertz CT molecular complexity index is 1270. The zero-order chi connectivity index (χ0) is 22.5. The highest BCUT2D eigenvalue weighted by atomic mass is 35.5. The van der Waals surface area contributed by atoms with E-state index in [0.29, 0.717) is 27.9 Å². The van der Waals surface area contributed by atoms with Crippen LogP contribution in [-0.2, 0) is 13.2 Å². The molecule has 0 aliphatic heterocycles. The van der Waals surface area contributed by atoms with E-state index >= 15 is 0 Å². The van der Waals surface area contributed by atoms with Gasteiger partial charge in [-0.15, -0.1) is 0 Å². The molecule has 0 spiro atoms. The van der Waals surface area contributed by atoms with Crippen molar-refractivity contribution in [2.45, 2.75) is 13.2 Å². The van der Waals surface area contributed by atoms with Gasteiger partial charge in [0.25, 0.3) is 5.91 Å². The van der Waals surface area contributed by atoms with E-state index in [1.165, 1.54) is 0 Å². The highest BCUT2D eigenvalue weighted by Gasteiger charge is 2.12. The van der Waals surface area contributed by atoms with Crippen molar-refractivity contribution in [3.05, 3.63) is 106 Å². The maximum absolute atomic E-state index is 12.7. The van der Waals surface area contributed by atoms with Crippen molar-refractivity contribution in [2.75, 3.05) is 7.11 Å². The molecule has 0 saturated carbocycles. The largest absolute Gasteiger partial charge is 0.496 e. The number of nitrogens with one attached hydrogen (secondary N) is 1. The normalized spacial score (nSPS) is 10.7. The summed E-state index contributed by atoms with van der Waals surface area (Å²) in [6, 6.07) is 24.5. The Morgan fingerprint density at radius 1 is 0.875 bits per heavy atom. The van der Waals surface area contributed by atoms with Crippen LogP contribution in [0.1, 0.15) is 21.5 Å². The van der Waals surface area contributed by atoms with Crippen LogP contribution >= 0.6 is 23.2 Å². The van der Waals surface area contributed by atoms with E-state index in [0.717, 1.165) is 27.6 Å². The highest BCUT2D eigenvalue weighted by molar-refractivity contribution is 6.35. The van der Waals surface area contributed by atoms with Crippen LogP contribution in [0.15, 0.2) is 78.9 Å². The number of ether oxygens (including phenoxy) is 2. The van der Waals surface area contributed by atoms with Crippen LogP contribution in [0.25, 0.3) is 10.8 Å². The molecule has 4 nitrogen and oxygen atoms in total. The number of hydrogen-bond donors (Lipinski definition) is 1. The standard InChI is InChI=1S/C26H21Cl2NO3/c1-31-25-11-8-19(26(30)29-15-20-6-9-22(27)14-24(20)28)12-21(25)16-32-23-10-7-17-4-2-3-5-18(17)13-23/h2-14H,15-16H2,1H3,(H,29,30). The summed E-state index contributed by atoms with van der Waals surface area (Å²) in [6.07, 6.45) is 0. The summed E-state index contributed by atoms with van der Waals surface area (Å²) >= 11 is 12.1. The molecule has 162 valence electrons. The highest BCUT2D eigenvalue weighted by Crippen LogP contribution is 2.25. The lowest BCUT2D eigenvalue weighted by Gasteiger charge is -2.13. The van der Waals surface area contributed by atoms with Gasteiger partial charge in [0.05, 0.1) is 7.11 Å². The monoisotopic (exact) mass is 465 g/mol. The summed E-state index contributed by atoms with van der Waals surface area (Å²) in [5, 5.41) is 6.20. The molecule has 0 aromatic heterocycles. The van der Waals surface area contributed by atoms with E-state index in [2.05, 4.69) is 11.4 Å². The van der Waals surface area contributed by atoms with E-state index in [-0.39, 0.29) is 12.5 Å². The van der Waals surface area contributed by atoms with Crippen molar-refractivity contribution in [3.8, 4) is 11.5 Å². The van der Waals surface area contributed by atoms with Crippen molar-refractivity contribution in [1.82, 2.24) is 5.32 Å². The molecule has 4 aromatic rings. The van der Waals surface area contributed by atoms with Crippen molar-refractivity contribution in [1.29, 1.82) is 0 Å². The number of carbonyl (C=O) groups excluding carboxylic acids is 1. The van der Waals surface area contributed by atoms with Crippen molar-refractivity contribution in [2.24, 2.45) is 0 Å². The number of halogens is 2. The average molecular weight is 466 g/mol. The Balaban J connectivity index is 1.46. The van der Waals surface area contributed by atoms with Crippen molar-refractivity contribution < 1.29 is 14.3 Å². The van der Waals surface area contributed by atoms with Crippen LogP contribution in [-0.4, -0.2) is 13.0 Å². The van der Waals surface area contributed by atoms with E-state index in [9.17, 15) is 4.79 Å². The van der Waals surface area contributed by atoms with Gasteiger partial charge in [0.2, 0.25) is 0 Å². The molecule has 0 bridgehead atoms. The quantitative estimate of drug-likeness (QED) is 0.331. The molecule has 0 saturated heterocycles. The molecule has 32 heavy (non-hydrogen) atoms. The second kappa shape index (κ2) is 9.94. The first-order valence-electron chi connectivity index (χ1n) is 10.0. The molecule has 4 rings (SSSR count). The van der Waals surface area contributed by atoms with Crippen molar-refractivity contribution in [3.63, 3.8) is 0 Å². The van der Waals surface area contributed by atoms with E-state index in [1.54, 1.807) is 43.5 Å². The Hall–Kier alpha value is -3.21. The van der Waals surface area contributed by atoms with Crippen LogP contribution in [0, 0.1) is 0 Å². The fraction of sp³-hybridized carbons (Fsp3) is 0.115. The SMILES string of the molecule is COc1ccc(C(=O)NCc2ccc(Cl)cc2Cl)cc1COc1ccc2ccccc2c1. The number of hydrogen-bond acceptors (Lipinski definition) is 3. The van der Waals surface area contributed by atoms with Gasteiger partial charge in [0, 0.05) is 27.7 Å². The molecule has 1 amide bonds. The van der Waals surface area contributed by atoms with Gasteiger partial charge in [-0.1, -0.05) is 59.6 Å². The minimum Gasteiger partial charge on any atom is -0.496 e. The van der Waals surface area contributed by atoms with Gasteiger partial charge in [-0.05, 0) is 58.8 Å². The molecular weight excluding hydrogens is 445 g/mol. The predicted molar refractivity (Wildman–Crippen MR) is 129 cm³/mol. The first-order valence-corrected chi connectivity index (χ1v) is 10.8. The summed E-state index contributed by atoms with van der Waals surface area (Å²) in [7, 11) is 1.59. The number of amides is 1. The van der Waals surface area contributed by atoms with Gasteiger partial charge in [0.15, 0.2) is 0 Å². The van der Waals surface area contributed by atoms with Gasteiger partial charge >= 0.3 is 0 Å². The summed E-state index contributed by atoms with van der Waals surface area (Å²) in [6.45, 7) is 0.565. The van der Waals surface area contributed by atoms with Crippen LogP contribution in [0.3, 0.4) is 0 Å². The van der Waals surface area contributed by atoms with Gasteiger partial charge in [-0.25, -0.2) is 0 Å². The first-order chi connectivity index (χ1) is 15.5. The first kappa shape index (κ1) is 22.0. The van der Waals surface area contributed by atoms with Crippen molar-refractivity contribution >= 4 is 39.9 Å². The minimum atomic E-state index is -0.217. The van der Waals surface area contributed by atoms with Crippen LogP contribution in [0.2, 0.25) is 10.0 Å². The molecule has 0 heterocycles. The maximum atomic E-state index is 12.7. The second-order valence-electron chi connectivity index (χ2n) is 7.24. The third-order valence-corrected chi connectivity index (χ3v) is 5.70. The smallest absolute Gasteiger partial charge is 0.251 e. The zero-order valence-electron chi connectivity index (χ0n) is 17.4. The maximum Gasteiger partial charge on any atom is 0.251 e.